The van der Waals surface area contributed by atoms with Gasteiger partial charge in [0.05, 0.1) is 43.1 Å². The van der Waals surface area contributed by atoms with Gasteiger partial charge in [0, 0.05) is 31.9 Å². The van der Waals surface area contributed by atoms with Gasteiger partial charge in [-0.1, -0.05) is 0 Å². The van der Waals surface area contributed by atoms with Crippen molar-refractivity contribution < 1.29 is 45.4 Å². The molecule has 4 rings (SSSR count). The highest BCUT2D eigenvalue weighted by atomic mass is 19.4. The van der Waals surface area contributed by atoms with Crippen LogP contribution in [0.15, 0.2) is 23.3 Å². The van der Waals surface area contributed by atoms with E-state index in [2.05, 4.69) is 15.4 Å². The third-order valence-corrected chi connectivity index (χ3v) is 6.28. The van der Waals surface area contributed by atoms with Crippen LogP contribution in [0.5, 0.6) is 5.75 Å². The van der Waals surface area contributed by atoms with Crippen molar-refractivity contribution in [3.05, 3.63) is 45.6 Å². The van der Waals surface area contributed by atoms with E-state index in [9.17, 15) is 40.7 Å². The molecule has 2 N–H and O–H groups in total. The predicted molar refractivity (Wildman–Crippen MR) is 125 cm³/mol. The number of ether oxygens (including phenoxy) is 2. The minimum atomic E-state index is -4.89. The first-order valence-corrected chi connectivity index (χ1v) is 12.0. The number of carbonyl (C=O) groups excluding carboxylic acids is 2. The lowest BCUT2D eigenvalue weighted by molar-refractivity contribution is -0.138. The van der Waals surface area contributed by atoms with E-state index in [1.807, 2.05) is 0 Å². The summed E-state index contributed by atoms with van der Waals surface area (Å²) in [5.74, 6) is -1.18. The van der Waals surface area contributed by atoms with Gasteiger partial charge in [-0.3, -0.25) is 14.4 Å². The van der Waals surface area contributed by atoms with Crippen molar-refractivity contribution in [2.45, 2.75) is 37.8 Å². The molecule has 2 aliphatic rings. The maximum atomic E-state index is 13.2. The number of alkyl halides is 6. The van der Waals surface area contributed by atoms with Crippen LogP contribution in [-0.4, -0.2) is 88.3 Å². The standard InChI is InChI=1S/C23H24F6N6O5/c1-12(32-15-8-31-33-20(37)18(15)23(27,28)29)10-39-5-2-17(36)34-3-4-35-14(9-34)11-40-16-6-13(22(24,25)26)7-30-19(16)21(35)38/h6-8,12,14H,2-5,9-11H2,1H3,(H2,32,33,37)/t12-,14+/m0/s1. The number of amides is 2. The van der Waals surface area contributed by atoms with E-state index < -0.39 is 52.7 Å². The summed E-state index contributed by atoms with van der Waals surface area (Å²) in [6, 6.07) is -0.541. The SMILES string of the molecule is C[C@@H](COCCC(=O)N1CCN2C(=O)c3ncc(C(F)(F)F)cc3OC[C@H]2C1)Nc1cn[nH]c(=O)c1C(F)(F)F. The summed E-state index contributed by atoms with van der Waals surface area (Å²) in [4.78, 5) is 43.7. The fourth-order valence-electron chi connectivity index (χ4n) is 4.36. The number of nitrogens with one attached hydrogen (secondary N) is 2. The molecule has 17 heteroatoms. The molecule has 0 saturated carbocycles. The van der Waals surface area contributed by atoms with Gasteiger partial charge < -0.3 is 24.6 Å². The zero-order valence-corrected chi connectivity index (χ0v) is 20.9. The lowest BCUT2D eigenvalue weighted by atomic mass is 10.1. The van der Waals surface area contributed by atoms with E-state index in [0.717, 1.165) is 12.3 Å². The lowest BCUT2D eigenvalue weighted by Gasteiger charge is -2.39. The highest BCUT2D eigenvalue weighted by Crippen LogP contribution is 2.34. The Balaban J connectivity index is 1.27. The van der Waals surface area contributed by atoms with Crippen molar-refractivity contribution in [2.24, 2.45) is 0 Å². The second kappa shape index (κ2) is 11.3. The fourth-order valence-corrected chi connectivity index (χ4v) is 4.36. The lowest BCUT2D eigenvalue weighted by Crippen LogP contribution is -2.57. The Bertz CT molecular complexity index is 1320. The summed E-state index contributed by atoms with van der Waals surface area (Å²) in [6.07, 6.45) is -8.20. The maximum Gasteiger partial charge on any atom is 0.423 e. The van der Waals surface area contributed by atoms with Gasteiger partial charge in [0.1, 0.15) is 12.2 Å². The van der Waals surface area contributed by atoms with E-state index in [4.69, 9.17) is 9.47 Å². The van der Waals surface area contributed by atoms with E-state index in [-0.39, 0.29) is 63.2 Å². The first-order valence-electron chi connectivity index (χ1n) is 12.0. The number of hydrogen-bond acceptors (Lipinski definition) is 8. The molecule has 4 heterocycles. The fraction of sp³-hybridized carbons (Fsp3) is 0.522. The molecule has 218 valence electrons. The summed E-state index contributed by atoms with van der Waals surface area (Å²) in [5.41, 5.74) is -4.58. The molecule has 0 bridgehead atoms. The van der Waals surface area contributed by atoms with Crippen LogP contribution < -0.4 is 15.6 Å². The number of pyridine rings is 1. The van der Waals surface area contributed by atoms with Crippen LogP contribution in [0.4, 0.5) is 32.0 Å². The van der Waals surface area contributed by atoms with Crippen molar-refractivity contribution in [3.8, 4) is 5.75 Å². The molecule has 0 aliphatic carbocycles. The number of H-pyrrole nitrogens is 1. The largest absolute Gasteiger partial charge is 0.489 e. The summed E-state index contributed by atoms with van der Waals surface area (Å²) >= 11 is 0. The molecule has 2 aromatic rings. The van der Waals surface area contributed by atoms with E-state index in [1.165, 1.54) is 16.7 Å². The molecule has 1 fully saturated rings. The molecule has 40 heavy (non-hydrogen) atoms. The Hall–Kier alpha value is -3.89. The Labute approximate surface area is 222 Å². The van der Waals surface area contributed by atoms with E-state index >= 15 is 0 Å². The highest BCUT2D eigenvalue weighted by Gasteiger charge is 2.40. The van der Waals surface area contributed by atoms with Crippen molar-refractivity contribution in [1.82, 2.24) is 25.0 Å². The number of halogens is 6. The number of rotatable bonds is 7. The third kappa shape index (κ3) is 6.46. The topological polar surface area (TPSA) is 130 Å². The third-order valence-electron chi connectivity index (χ3n) is 6.28. The Morgan fingerprint density at radius 2 is 1.95 bits per heavy atom. The zero-order valence-electron chi connectivity index (χ0n) is 20.9. The maximum absolute atomic E-state index is 13.2. The summed E-state index contributed by atoms with van der Waals surface area (Å²) in [5, 5.41) is 7.64. The molecule has 2 atom stereocenters. The van der Waals surface area contributed by atoms with Gasteiger partial charge in [-0.25, -0.2) is 10.1 Å². The second-order valence-electron chi connectivity index (χ2n) is 9.23. The van der Waals surface area contributed by atoms with Gasteiger partial charge >= 0.3 is 12.4 Å². The van der Waals surface area contributed by atoms with Crippen molar-refractivity contribution >= 4 is 17.5 Å². The van der Waals surface area contributed by atoms with Gasteiger partial charge in [-0.05, 0) is 13.0 Å². The van der Waals surface area contributed by atoms with E-state index in [0.29, 0.717) is 6.20 Å². The average molecular weight is 578 g/mol. The monoisotopic (exact) mass is 578 g/mol. The van der Waals surface area contributed by atoms with Crippen molar-refractivity contribution in [1.29, 1.82) is 0 Å². The number of aromatic amines is 1. The molecule has 2 aliphatic heterocycles. The highest BCUT2D eigenvalue weighted by molar-refractivity contribution is 5.95. The smallest absolute Gasteiger partial charge is 0.423 e. The molecule has 0 aromatic carbocycles. The quantitative estimate of drug-likeness (QED) is 0.378. The van der Waals surface area contributed by atoms with Gasteiger partial charge in [0.15, 0.2) is 11.4 Å². The number of carbonyl (C=O) groups is 2. The molecule has 1 saturated heterocycles. The van der Waals surface area contributed by atoms with Crippen molar-refractivity contribution in [3.63, 3.8) is 0 Å². The van der Waals surface area contributed by atoms with Crippen LogP contribution >= 0.6 is 0 Å². The molecular formula is C23H24F6N6O5. The molecule has 0 spiro atoms. The van der Waals surface area contributed by atoms with Crippen LogP contribution in [0.3, 0.4) is 0 Å². The van der Waals surface area contributed by atoms with Crippen LogP contribution in [0.25, 0.3) is 0 Å². The minimum absolute atomic E-state index is 0.0551. The molecular weight excluding hydrogens is 554 g/mol. The van der Waals surface area contributed by atoms with Crippen LogP contribution in [0.1, 0.15) is 35.0 Å². The molecule has 0 radical (unpaired) electrons. The molecule has 2 aromatic heterocycles. The summed E-state index contributed by atoms with van der Waals surface area (Å²) < 4.78 is 89.5. The molecule has 2 amide bonds. The normalized spacial score (nSPS) is 18.4. The average Bonchev–Trinajstić information content (AvgIpc) is 3.01. The van der Waals surface area contributed by atoms with Crippen molar-refractivity contribution in [2.75, 3.05) is 44.8 Å². The number of piperazine rings is 1. The van der Waals surface area contributed by atoms with Gasteiger partial charge in [0.25, 0.3) is 11.5 Å². The zero-order chi connectivity index (χ0) is 29.2. The van der Waals surface area contributed by atoms with Gasteiger partial charge in [-0.15, -0.1) is 0 Å². The number of aromatic nitrogens is 3. The summed E-state index contributed by atoms with van der Waals surface area (Å²) in [6.45, 7) is 1.62. The van der Waals surface area contributed by atoms with E-state index in [1.54, 1.807) is 5.10 Å². The molecule has 0 unspecified atom stereocenters. The predicted octanol–water partition coefficient (Wildman–Crippen LogP) is 2.16. The van der Waals surface area contributed by atoms with Gasteiger partial charge in [-0.2, -0.15) is 31.4 Å². The van der Waals surface area contributed by atoms with Gasteiger partial charge in [0.2, 0.25) is 5.91 Å². The number of fused-ring (bicyclic) bond motifs is 2. The Morgan fingerprint density at radius 3 is 2.65 bits per heavy atom. The van der Waals surface area contributed by atoms with Crippen LogP contribution in [0.2, 0.25) is 0 Å². The minimum Gasteiger partial charge on any atom is -0.489 e. The second-order valence-corrected chi connectivity index (χ2v) is 9.23. The number of hydrogen-bond donors (Lipinski definition) is 2. The Morgan fingerprint density at radius 1 is 1.20 bits per heavy atom. The first-order chi connectivity index (χ1) is 18.8. The summed E-state index contributed by atoms with van der Waals surface area (Å²) in [7, 11) is 0. The number of anilines is 1. The number of nitrogens with zero attached hydrogens (tertiary/aromatic N) is 4. The van der Waals surface area contributed by atoms with Crippen LogP contribution in [0, 0.1) is 0 Å². The van der Waals surface area contributed by atoms with Crippen LogP contribution in [-0.2, 0) is 21.9 Å². The molecule has 11 nitrogen and oxygen atoms in total. The Kier molecular flexibility index (Phi) is 8.23. The first kappa shape index (κ1) is 29.1.